The molecule has 0 radical (unpaired) electrons. The molecule has 1 aliphatic heterocycles. The second-order valence-electron chi connectivity index (χ2n) is 6.75. The van der Waals surface area contributed by atoms with Crippen molar-refractivity contribution in [1.29, 1.82) is 0 Å². The molecule has 7 heteroatoms. The van der Waals surface area contributed by atoms with Crippen molar-refractivity contribution in [2.75, 3.05) is 44.7 Å². The molecule has 0 saturated carbocycles. The topological polar surface area (TPSA) is 81.9 Å². The predicted octanol–water partition coefficient (Wildman–Crippen LogP) is 1.99. The molecule has 0 bridgehead atoms. The number of nitrogens with zero attached hydrogens (tertiary/aromatic N) is 2. The third kappa shape index (κ3) is 3.70. The Bertz CT molecular complexity index is 973. The summed E-state index contributed by atoms with van der Waals surface area (Å²) >= 11 is 0. The first-order chi connectivity index (χ1) is 13.1. The Morgan fingerprint density at radius 3 is 2.74 bits per heavy atom. The number of hydrogen-bond acceptors (Lipinski definition) is 6. The number of para-hydroxylation sites is 2. The van der Waals surface area contributed by atoms with Gasteiger partial charge in [-0.3, -0.25) is 9.88 Å². The van der Waals surface area contributed by atoms with E-state index in [-0.39, 0.29) is 0 Å². The van der Waals surface area contributed by atoms with Gasteiger partial charge >= 0.3 is 5.76 Å². The summed E-state index contributed by atoms with van der Waals surface area (Å²) in [6.07, 6.45) is -0.632. The summed E-state index contributed by atoms with van der Waals surface area (Å²) in [5, 5.41) is 10.6. The van der Waals surface area contributed by atoms with E-state index in [1.807, 2.05) is 24.3 Å². The molecule has 3 aromatic rings. The van der Waals surface area contributed by atoms with Crippen LogP contribution in [0.3, 0.4) is 0 Å². The molecule has 1 atom stereocenters. The fraction of sp³-hybridized carbons (Fsp3) is 0.350. The highest BCUT2D eigenvalue weighted by molar-refractivity contribution is 5.72. The van der Waals surface area contributed by atoms with Crippen molar-refractivity contribution in [2.24, 2.45) is 0 Å². The van der Waals surface area contributed by atoms with Gasteiger partial charge in [0.25, 0.3) is 0 Å². The summed E-state index contributed by atoms with van der Waals surface area (Å²) in [4.78, 5) is 18.4. The number of H-pyrrole nitrogens is 1. The summed E-state index contributed by atoms with van der Waals surface area (Å²) in [5.74, 6) is 0.399. The minimum Gasteiger partial charge on any atom is -0.495 e. The second kappa shape index (κ2) is 7.46. The standard InChI is InChI=1S/C20H23N3O4/c1-26-18-5-3-2-4-16(18)23-10-8-22(9-11-23)13-17(24)14-6-7-15-19(12-14)27-20(25)21-15/h2-7,12,17,24H,8-11,13H2,1H3,(H,21,25)/t17-/m0/s1. The number of anilines is 1. The molecule has 142 valence electrons. The van der Waals surface area contributed by atoms with Crippen molar-refractivity contribution in [3.05, 3.63) is 58.6 Å². The Morgan fingerprint density at radius 2 is 1.96 bits per heavy atom. The van der Waals surface area contributed by atoms with Gasteiger partial charge in [-0.25, -0.2) is 4.79 Å². The molecule has 0 aliphatic carbocycles. The van der Waals surface area contributed by atoms with Gasteiger partial charge in [0.15, 0.2) is 5.58 Å². The average Bonchev–Trinajstić information content (AvgIpc) is 3.07. The quantitative estimate of drug-likeness (QED) is 0.716. The third-order valence-corrected chi connectivity index (χ3v) is 5.06. The molecule has 2 N–H and O–H groups in total. The van der Waals surface area contributed by atoms with E-state index in [4.69, 9.17) is 9.15 Å². The second-order valence-corrected chi connectivity index (χ2v) is 6.75. The van der Waals surface area contributed by atoms with Crippen molar-refractivity contribution in [3.8, 4) is 5.75 Å². The van der Waals surface area contributed by atoms with Gasteiger partial charge in [0.05, 0.1) is 24.4 Å². The third-order valence-electron chi connectivity index (χ3n) is 5.06. The zero-order valence-electron chi connectivity index (χ0n) is 15.2. The lowest BCUT2D eigenvalue weighted by Gasteiger charge is -2.37. The van der Waals surface area contributed by atoms with Gasteiger partial charge < -0.3 is 19.2 Å². The summed E-state index contributed by atoms with van der Waals surface area (Å²) in [6.45, 7) is 4.00. The van der Waals surface area contributed by atoms with Crippen molar-refractivity contribution < 1.29 is 14.3 Å². The SMILES string of the molecule is COc1ccccc1N1CCN(C[C@H](O)c2ccc3[nH]c(=O)oc3c2)CC1. The van der Waals surface area contributed by atoms with E-state index in [2.05, 4.69) is 20.9 Å². The van der Waals surface area contributed by atoms with Crippen molar-refractivity contribution >= 4 is 16.8 Å². The fourth-order valence-electron chi connectivity index (χ4n) is 3.58. The van der Waals surface area contributed by atoms with Crippen molar-refractivity contribution in [2.45, 2.75) is 6.10 Å². The molecule has 0 spiro atoms. The van der Waals surface area contributed by atoms with Gasteiger partial charge in [-0.1, -0.05) is 18.2 Å². The highest BCUT2D eigenvalue weighted by Crippen LogP contribution is 2.28. The molecule has 2 heterocycles. The van der Waals surface area contributed by atoms with Crippen LogP contribution in [-0.4, -0.2) is 54.8 Å². The number of fused-ring (bicyclic) bond motifs is 1. The maximum atomic E-state index is 11.3. The minimum atomic E-state index is -0.632. The highest BCUT2D eigenvalue weighted by atomic mass is 16.5. The number of oxazole rings is 1. The predicted molar refractivity (Wildman–Crippen MR) is 103 cm³/mol. The van der Waals surface area contributed by atoms with Crippen LogP contribution in [0.25, 0.3) is 11.1 Å². The molecule has 1 saturated heterocycles. The van der Waals surface area contributed by atoms with Gasteiger partial charge in [0.2, 0.25) is 0 Å². The van der Waals surface area contributed by atoms with Crippen LogP contribution >= 0.6 is 0 Å². The zero-order chi connectivity index (χ0) is 18.8. The van der Waals surface area contributed by atoms with Crippen LogP contribution in [0.15, 0.2) is 51.7 Å². The first-order valence-electron chi connectivity index (χ1n) is 9.05. The number of benzene rings is 2. The van der Waals surface area contributed by atoms with Crippen LogP contribution in [0.1, 0.15) is 11.7 Å². The minimum absolute atomic E-state index is 0.470. The molecule has 0 amide bonds. The van der Waals surface area contributed by atoms with Gasteiger partial charge in [-0.2, -0.15) is 0 Å². The number of aromatic nitrogens is 1. The number of β-amino-alcohol motifs (C(OH)–C–C–N with tert-alkyl or cyclic N) is 1. The van der Waals surface area contributed by atoms with E-state index < -0.39 is 11.9 Å². The van der Waals surface area contributed by atoms with E-state index >= 15 is 0 Å². The monoisotopic (exact) mass is 369 g/mol. The van der Waals surface area contributed by atoms with Crippen LogP contribution in [0.5, 0.6) is 5.75 Å². The fourth-order valence-corrected chi connectivity index (χ4v) is 3.58. The van der Waals surface area contributed by atoms with Gasteiger partial charge in [-0.05, 0) is 29.8 Å². The number of hydrogen-bond donors (Lipinski definition) is 2. The van der Waals surface area contributed by atoms with E-state index in [1.54, 1.807) is 19.2 Å². The van der Waals surface area contributed by atoms with Crippen LogP contribution < -0.4 is 15.4 Å². The lowest BCUT2D eigenvalue weighted by molar-refractivity contribution is 0.109. The van der Waals surface area contributed by atoms with E-state index in [1.165, 1.54) is 0 Å². The van der Waals surface area contributed by atoms with Crippen LogP contribution in [-0.2, 0) is 0 Å². The number of aliphatic hydroxyl groups is 1. The van der Waals surface area contributed by atoms with Crippen LogP contribution in [0, 0.1) is 0 Å². The number of rotatable bonds is 5. The van der Waals surface area contributed by atoms with E-state index in [0.29, 0.717) is 17.6 Å². The molecule has 1 aromatic heterocycles. The molecule has 2 aromatic carbocycles. The Kier molecular flexibility index (Phi) is 4.87. The smallest absolute Gasteiger partial charge is 0.417 e. The first kappa shape index (κ1) is 17.6. The van der Waals surface area contributed by atoms with Gasteiger partial charge in [0, 0.05) is 32.7 Å². The Hall–Kier alpha value is -2.77. The molecule has 0 unspecified atom stereocenters. The number of piperazine rings is 1. The van der Waals surface area contributed by atoms with E-state index in [9.17, 15) is 9.90 Å². The normalized spacial score (nSPS) is 16.6. The number of aromatic amines is 1. The maximum Gasteiger partial charge on any atom is 0.417 e. The van der Waals surface area contributed by atoms with Crippen LogP contribution in [0.2, 0.25) is 0 Å². The van der Waals surface area contributed by atoms with E-state index in [0.717, 1.165) is 43.2 Å². The molecule has 1 aliphatic rings. The number of methoxy groups -OCH3 is 1. The molecular weight excluding hydrogens is 346 g/mol. The summed E-state index contributed by atoms with van der Waals surface area (Å²) in [5.41, 5.74) is 2.96. The van der Waals surface area contributed by atoms with Crippen LogP contribution in [0.4, 0.5) is 5.69 Å². The van der Waals surface area contributed by atoms with Gasteiger partial charge in [0.1, 0.15) is 5.75 Å². The molecular formula is C20H23N3O4. The first-order valence-corrected chi connectivity index (χ1v) is 9.05. The largest absolute Gasteiger partial charge is 0.495 e. The lowest BCUT2D eigenvalue weighted by Crippen LogP contribution is -2.47. The summed E-state index contributed by atoms with van der Waals surface area (Å²) < 4.78 is 10.5. The zero-order valence-corrected chi connectivity index (χ0v) is 15.2. The lowest BCUT2D eigenvalue weighted by atomic mass is 10.1. The number of ether oxygens (including phenoxy) is 1. The molecule has 1 fully saturated rings. The Morgan fingerprint density at radius 1 is 1.19 bits per heavy atom. The summed E-state index contributed by atoms with van der Waals surface area (Å²) in [7, 11) is 1.69. The van der Waals surface area contributed by atoms with Crippen molar-refractivity contribution in [1.82, 2.24) is 9.88 Å². The molecule has 7 nitrogen and oxygen atoms in total. The molecule has 27 heavy (non-hydrogen) atoms. The molecule has 4 rings (SSSR count). The summed E-state index contributed by atoms with van der Waals surface area (Å²) in [6, 6.07) is 13.3. The Labute approximate surface area is 156 Å². The van der Waals surface area contributed by atoms with Gasteiger partial charge in [-0.15, -0.1) is 0 Å². The van der Waals surface area contributed by atoms with Crippen molar-refractivity contribution in [3.63, 3.8) is 0 Å². The number of aliphatic hydroxyl groups excluding tert-OH is 1. The highest BCUT2D eigenvalue weighted by Gasteiger charge is 2.22. The maximum absolute atomic E-state index is 11.3. The Balaban J connectivity index is 1.38. The number of nitrogens with one attached hydrogen (secondary N) is 1. The average molecular weight is 369 g/mol.